The number of aliphatic imine (C=N–C) groups is 1. The van der Waals surface area contributed by atoms with Crippen molar-refractivity contribution in [2.24, 2.45) is 10.7 Å². The topological polar surface area (TPSA) is 56.2 Å². The van der Waals surface area contributed by atoms with E-state index in [2.05, 4.69) is 16.7 Å². The number of para-hydroxylation sites is 1. The fourth-order valence-electron chi connectivity index (χ4n) is 2.71. The summed E-state index contributed by atoms with van der Waals surface area (Å²) in [6, 6.07) is 21.8. The van der Waals surface area contributed by atoms with Gasteiger partial charge >= 0.3 is 0 Å². The highest BCUT2D eigenvalue weighted by Crippen LogP contribution is 2.18. The Balaban J connectivity index is 1.91. The zero-order valence-corrected chi connectivity index (χ0v) is 15.1. The number of allylic oxidation sites excluding steroid dienone is 1. The van der Waals surface area contributed by atoms with Crippen LogP contribution in [0.5, 0.6) is 0 Å². The third-order valence-electron chi connectivity index (χ3n) is 3.91. The number of nitrogens with two attached hydrogens (primary N) is 1. The van der Waals surface area contributed by atoms with Crippen LogP contribution in [0.2, 0.25) is 0 Å². The molecule has 0 aliphatic carbocycles. The lowest BCUT2D eigenvalue weighted by Crippen LogP contribution is -2.07. The standard InChI is InChI=1S/C22H22N4/c1-16(24-18(3)19-10-6-4-7-11-19)14-21(23)22-15-17(2)25-26(22)20-12-8-5-9-13-20/h4-15H,3,23H2,1-2H3/b21-14-,24-16-. The monoisotopic (exact) mass is 342 g/mol. The Morgan fingerprint density at radius 3 is 2.35 bits per heavy atom. The van der Waals surface area contributed by atoms with Gasteiger partial charge < -0.3 is 5.73 Å². The second-order valence-electron chi connectivity index (χ2n) is 6.08. The van der Waals surface area contributed by atoms with Crippen LogP contribution < -0.4 is 5.73 Å². The predicted molar refractivity (Wildman–Crippen MR) is 109 cm³/mol. The first-order valence-corrected chi connectivity index (χ1v) is 8.44. The van der Waals surface area contributed by atoms with Gasteiger partial charge in [-0.25, -0.2) is 4.68 Å². The van der Waals surface area contributed by atoms with Crippen LogP contribution >= 0.6 is 0 Å². The van der Waals surface area contributed by atoms with E-state index < -0.39 is 0 Å². The third kappa shape index (κ3) is 3.98. The molecule has 4 nitrogen and oxygen atoms in total. The molecule has 0 unspecified atom stereocenters. The first kappa shape index (κ1) is 17.4. The molecule has 130 valence electrons. The van der Waals surface area contributed by atoms with Crippen LogP contribution in [0, 0.1) is 6.92 Å². The fraction of sp³-hybridized carbons (Fsp3) is 0.0909. The van der Waals surface area contributed by atoms with Crippen molar-refractivity contribution in [1.29, 1.82) is 0 Å². The molecule has 0 bridgehead atoms. The van der Waals surface area contributed by atoms with Crippen LogP contribution in [-0.4, -0.2) is 15.5 Å². The number of benzene rings is 2. The summed E-state index contributed by atoms with van der Waals surface area (Å²) in [7, 11) is 0. The molecule has 0 atom stereocenters. The van der Waals surface area contributed by atoms with Crippen LogP contribution in [0.15, 0.2) is 84.4 Å². The van der Waals surface area contributed by atoms with Gasteiger partial charge in [0.15, 0.2) is 0 Å². The van der Waals surface area contributed by atoms with Crippen molar-refractivity contribution in [2.75, 3.05) is 0 Å². The van der Waals surface area contributed by atoms with Crippen molar-refractivity contribution in [3.63, 3.8) is 0 Å². The molecule has 2 aromatic carbocycles. The van der Waals surface area contributed by atoms with E-state index in [-0.39, 0.29) is 0 Å². The summed E-state index contributed by atoms with van der Waals surface area (Å²) in [6.07, 6.45) is 1.85. The number of nitrogens with zero attached hydrogens (tertiary/aromatic N) is 3. The maximum Gasteiger partial charge on any atom is 0.0901 e. The van der Waals surface area contributed by atoms with E-state index in [0.717, 1.165) is 28.4 Å². The van der Waals surface area contributed by atoms with E-state index in [1.165, 1.54) is 0 Å². The number of hydrogen-bond donors (Lipinski definition) is 1. The van der Waals surface area contributed by atoms with Gasteiger partial charge in [0.1, 0.15) is 0 Å². The molecule has 0 saturated carbocycles. The van der Waals surface area contributed by atoms with Gasteiger partial charge in [-0.05, 0) is 43.7 Å². The average molecular weight is 342 g/mol. The molecular weight excluding hydrogens is 320 g/mol. The number of hydrogen-bond acceptors (Lipinski definition) is 3. The lowest BCUT2D eigenvalue weighted by molar-refractivity contribution is 0.849. The SMILES string of the molecule is C=C(/N=C(C)\C=C(/N)c1cc(C)nn1-c1ccccc1)c1ccccc1. The Hall–Kier alpha value is -3.40. The van der Waals surface area contributed by atoms with Crippen LogP contribution in [0.25, 0.3) is 17.1 Å². The molecule has 1 aromatic heterocycles. The lowest BCUT2D eigenvalue weighted by Gasteiger charge is -2.08. The second kappa shape index (κ2) is 7.66. The Morgan fingerprint density at radius 2 is 1.69 bits per heavy atom. The number of aromatic nitrogens is 2. The zero-order valence-electron chi connectivity index (χ0n) is 15.1. The van der Waals surface area contributed by atoms with Gasteiger partial charge in [-0.1, -0.05) is 55.1 Å². The van der Waals surface area contributed by atoms with Crippen molar-refractivity contribution < 1.29 is 0 Å². The summed E-state index contributed by atoms with van der Waals surface area (Å²) in [5.74, 6) is 0. The van der Waals surface area contributed by atoms with E-state index in [9.17, 15) is 0 Å². The lowest BCUT2D eigenvalue weighted by atomic mass is 10.2. The molecule has 0 aliphatic heterocycles. The van der Waals surface area contributed by atoms with Gasteiger partial charge in [0.2, 0.25) is 0 Å². The van der Waals surface area contributed by atoms with E-state index in [0.29, 0.717) is 11.4 Å². The van der Waals surface area contributed by atoms with E-state index in [1.54, 1.807) is 0 Å². The summed E-state index contributed by atoms with van der Waals surface area (Å²) in [5, 5.41) is 4.56. The molecule has 4 heteroatoms. The fourth-order valence-corrected chi connectivity index (χ4v) is 2.71. The van der Waals surface area contributed by atoms with Crippen molar-refractivity contribution in [2.45, 2.75) is 13.8 Å². The minimum Gasteiger partial charge on any atom is -0.397 e. The largest absolute Gasteiger partial charge is 0.397 e. The minimum atomic E-state index is 0.608. The van der Waals surface area contributed by atoms with Crippen LogP contribution in [-0.2, 0) is 0 Å². The first-order valence-electron chi connectivity index (χ1n) is 8.44. The third-order valence-corrected chi connectivity index (χ3v) is 3.91. The Labute approximate surface area is 154 Å². The highest BCUT2D eigenvalue weighted by atomic mass is 15.3. The summed E-state index contributed by atoms with van der Waals surface area (Å²) in [4.78, 5) is 4.56. The van der Waals surface area contributed by atoms with Crippen molar-refractivity contribution in [1.82, 2.24) is 9.78 Å². The molecular formula is C22H22N4. The summed E-state index contributed by atoms with van der Waals surface area (Å²) < 4.78 is 1.85. The average Bonchev–Trinajstić information content (AvgIpc) is 3.05. The van der Waals surface area contributed by atoms with Gasteiger partial charge in [0, 0.05) is 5.71 Å². The molecule has 0 saturated heterocycles. The van der Waals surface area contributed by atoms with E-state index in [1.807, 2.05) is 91.3 Å². The minimum absolute atomic E-state index is 0.608. The van der Waals surface area contributed by atoms with Crippen molar-refractivity contribution in [3.05, 3.63) is 96.3 Å². The van der Waals surface area contributed by atoms with Gasteiger partial charge in [-0.2, -0.15) is 5.10 Å². The van der Waals surface area contributed by atoms with Gasteiger partial charge in [-0.15, -0.1) is 0 Å². The molecule has 3 aromatic rings. The van der Waals surface area contributed by atoms with Crippen molar-refractivity contribution in [3.8, 4) is 5.69 Å². The molecule has 0 fully saturated rings. The maximum atomic E-state index is 6.35. The molecule has 0 radical (unpaired) electrons. The van der Waals surface area contributed by atoms with Crippen molar-refractivity contribution >= 4 is 17.1 Å². The highest BCUT2D eigenvalue weighted by Gasteiger charge is 2.10. The number of rotatable bonds is 5. The summed E-state index contributed by atoms with van der Waals surface area (Å²) in [6.45, 7) is 7.91. The Morgan fingerprint density at radius 1 is 1.08 bits per heavy atom. The molecule has 2 N–H and O–H groups in total. The predicted octanol–water partition coefficient (Wildman–Crippen LogP) is 4.61. The number of aryl methyl sites for hydroxylation is 1. The van der Waals surface area contributed by atoms with Gasteiger partial charge in [-0.3, -0.25) is 4.99 Å². The zero-order chi connectivity index (χ0) is 18.5. The summed E-state index contributed by atoms with van der Waals surface area (Å²) in [5.41, 5.74) is 12.2. The maximum absolute atomic E-state index is 6.35. The summed E-state index contributed by atoms with van der Waals surface area (Å²) >= 11 is 0. The molecule has 0 spiro atoms. The quantitative estimate of drug-likeness (QED) is 0.688. The van der Waals surface area contributed by atoms with Gasteiger partial charge in [0.05, 0.1) is 28.5 Å². The first-order chi connectivity index (χ1) is 12.5. The molecule has 26 heavy (non-hydrogen) atoms. The Kier molecular flexibility index (Phi) is 5.13. The van der Waals surface area contributed by atoms with E-state index in [4.69, 9.17) is 5.73 Å². The molecule has 0 amide bonds. The second-order valence-corrected chi connectivity index (χ2v) is 6.08. The van der Waals surface area contributed by atoms with Gasteiger partial charge in [0.25, 0.3) is 0 Å². The molecule has 3 rings (SSSR count). The van der Waals surface area contributed by atoms with Crippen LogP contribution in [0.1, 0.15) is 23.9 Å². The smallest absolute Gasteiger partial charge is 0.0901 e. The molecule has 1 heterocycles. The van der Waals surface area contributed by atoms with Crippen LogP contribution in [0.4, 0.5) is 0 Å². The van der Waals surface area contributed by atoms with Crippen LogP contribution in [0.3, 0.4) is 0 Å². The van der Waals surface area contributed by atoms with E-state index >= 15 is 0 Å². The Bertz CT molecular complexity index is 964. The normalized spacial score (nSPS) is 12.2. The molecule has 0 aliphatic rings. The highest BCUT2D eigenvalue weighted by molar-refractivity contribution is 6.01.